The van der Waals surface area contributed by atoms with E-state index in [0.29, 0.717) is 24.6 Å². The van der Waals surface area contributed by atoms with Gasteiger partial charge in [0.2, 0.25) is 0 Å². The monoisotopic (exact) mass is 300 g/mol. The van der Waals surface area contributed by atoms with E-state index in [1.165, 1.54) is 0 Å². The Kier molecular flexibility index (Phi) is 4.83. The summed E-state index contributed by atoms with van der Waals surface area (Å²) in [5.74, 6) is -0.875. The van der Waals surface area contributed by atoms with Gasteiger partial charge >= 0.3 is 12.0 Å². The van der Waals surface area contributed by atoms with E-state index in [-0.39, 0.29) is 12.1 Å². The zero-order valence-corrected chi connectivity index (χ0v) is 13.0. The number of urea groups is 1. The van der Waals surface area contributed by atoms with Gasteiger partial charge in [-0.3, -0.25) is 0 Å². The smallest absolute Gasteiger partial charge is 0.329 e. The molecule has 2 fully saturated rings. The second-order valence-corrected chi connectivity index (χ2v) is 6.78. The van der Waals surface area contributed by atoms with Crippen molar-refractivity contribution >= 4 is 23.8 Å². The van der Waals surface area contributed by atoms with Gasteiger partial charge in [0.15, 0.2) is 0 Å². The predicted molar refractivity (Wildman–Crippen MR) is 80.1 cm³/mol. The number of carbonyl (C=O) groups is 2. The topological polar surface area (TPSA) is 69.6 Å². The Balaban J connectivity index is 2.06. The normalized spacial score (nSPS) is 33.4. The zero-order valence-electron chi connectivity index (χ0n) is 12.2. The second-order valence-electron chi connectivity index (χ2n) is 5.71. The first-order chi connectivity index (χ1) is 9.55. The summed E-state index contributed by atoms with van der Waals surface area (Å²) in [5.41, 5.74) is -1.00. The van der Waals surface area contributed by atoms with Gasteiger partial charge in [0, 0.05) is 17.8 Å². The lowest BCUT2D eigenvalue weighted by atomic mass is 9.93. The van der Waals surface area contributed by atoms with E-state index >= 15 is 0 Å². The highest BCUT2D eigenvalue weighted by atomic mass is 32.2. The highest BCUT2D eigenvalue weighted by Crippen LogP contribution is 2.34. The van der Waals surface area contributed by atoms with Crippen molar-refractivity contribution in [3.8, 4) is 0 Å². The Hall–Kier alpha value is -0.910. The van der Waals surface area contributed by atoms with E-state index in [9.17, 15) is 14.7 Å². The third kappa shape index (κ3) is 2.62. The zero-order chi connectivity index (χ0) is 14.8. The molecule has 1 saturated heterocycles. The average molecular weight is 300 g/mol. The Morgan fingerprint density at radius 2 is 2.15 bits per heavy atom. The van der Waals surface area contributed by atoms with Crippen LogP contribution in [0.4, 0.5) is 4.79 Å². The van der Waals surface area contributed by atoms with Gasteiger partial charge in [-0.25, -0.2) is 9.59 Å². The Morgan fingerprint density at radius 3 is 2.75 bits per heavy atom. The van der Waals surface area contributed by atoms with E-state index in [2.05, 4.69) is 11.6 Å². The molecule has 1 aliphatic carbocycles. The summed E-state index contributed by atoms with van der Waals surface area (Å²) in [4.78, 5) is 25.6. The van der Waals surface area contributed by atoms with Crippen molar-refractivity contribution in [2.75, 3.05) is 12.8 Å². The van der Waals surface area contributed by atoms with Crippen molar-refractivity contribution in [2.24, 2.45) is 0 Å². The third-order valence-electron chi connectivity index (χ3n) is 4.78. The van der Waals surface area contributed by atoms with Crippen molar-refractivity contribution in [3.63, 3.8) is 0 Å². The molecule has 3 unspecified atom stereocenters. The van der Waals surface area contributed by atoms with Crippen LogP contribution in [0.25, 0.3) is 0 Å². The number of hydrogen-bond acceptors (Lipinski definition) is 3. The Bertz CT molecular complexity index is 391. The lowest BCUT2D eigenvalue weighted by Crippen LogP contribution is -2.57. The number of nitrogens with one attached hydrogen (secondary N) is 1. The van der Waals surface area contributed by atoms with Crippen LogP contribution >= 0.6 is 11.8 Å². The van der Waals surface area contributed by atoms with Gasteiger partial charge in [0.1, 0.15) is 5.54 Å². The van der Waals surface area contributed by atoms with Gasteiger partial charge in [0.05, 0.1) is 0 Å². The molecule has 20 heavy (non-hydrogen) atoms. The lowest BCUT2D eigenvalue weighted by Gasteiger charge is -2.35. The molecule has 0 aromatic heterocycles. The van der Waals surface area contributed by atoms with Crippen LogP contribution in [0, 0.1) is 0 Å². The summed E-state index contributed by atoms with van der Waals surface area (Å²) >= 11 is 1.79. The highest BCUT2D eigenvalue weighted by molar-refractivity contribution is 7.99. The number of aliphatic carboxylic acids is 1. The van der Waals surface area contributed by atoms with E-state index in [4.69, 9.17) is 0 Å². The lowest BCUT2D eigenvalue weighted by molar-refractivity contribution is -0.148. The molecule has 2 aliphatic rings. The number of carboxylic acid groups (broad SMARTS) is 1. The summed E-state index contributed by atoms with van der Waals surface area (Å²) < 4.78 is 0. The van der Waals surface area contributed by atoms with Crippen molar-refractivity contribution in [1.82, 2.24) is 10.2 Å². The predicted octanol–water partition coefficient (Wildman–Crippen LogP) is 2.31. The molecule has 1 saturated carbocycles. The fourth-order valence-corrected chi connectivity index (χ4v) is 4.46. The van der Waals surface area contributed by atoms with Crippen molar-refractivity contribution in [3.05, 3.63) is 0 Å². The van der Waals surface area contributed by atoms with E-state index in [1.54, 1.807) is 16.7 Å². The highest BCUT2D eigenvalue weighted by Gasteiger charge is 2.49. The van der Waals surface area contributed by atoms with Gasteiger partial charge in [0.25, 0.3) is 0 Å². The van der Waals surface area contributed by atoms with Crippen LogP contribution in [0.5, 0.6) is 0 Å². The molecular formula is C14H24N2O3S. The molecule has 1 heterocycles. The van der Waals surface area contributed by atoms with Crippen LogP contribution in [0.15, 0.2) is 0 Å². The molecule has 2 rings (SSSR count). The number of nitrogens with zero attached hydrogens (tertiary/aromatic N) is 1. The summed E-state index contributed by atoms with van der Waals surface area (Å²) in [7, 11) is 0. The number of likely N-dealkylation sites (tertiary alicyclic amines) is 1. The minimum atomic E-state index is -1.00. The molecule has 0 aromatic rings. The number of carboxylic acids is 1. The van der Waals surface area contributed by atoms with Gasteiger partial charge in [-0.15, -0.1) is 0 Å². The molecule has 3 atom stereocenters. The number of carbonyl (C=O) groups excluding carboxylic acids is 1. The standard InChI is InChI=1S/C14H24N2O3S/c1-3-14(12(17)18)8-5-9-16(14)13(19)15-10-6-4-7-11(10)20-2/h10-11H,3-9H2,1-2H3,(H,15,19)(H,17,18). The SMILES string of the molecule is CCC1(C(=O)O)CCCN1C(=O)NC1CCCC1SC. The fourth-order valence-electron chi connectivity index (χ4n) is 3.53. The molecule has 5 nitrogen and oxygen atoms in total. The van der Waals surface area contributed by atoms with Gasteiger partial charge in [-0.05, 0) is 38.4 Å². The number of amides is 2. The van der Waals surface area contributed by atoms with Crippen molar-refractivity contribution < 1.29 is 14.7 Å². The number of hydrogen-bond donors (Lipinski definition) is 2. The fraction of sp³-hybridized carbons (Fsp3) is 0.857. The summed E-state index contributed by atoms with van der Waals surface area (Å²) in [6.07, 6.45) is 7.12. The molecule has 1 aliphatic heterocycles. The van der Waals surface area contributed by atoms with Crippen LogP contribution in [0.2, 0.25) is 0 Å². The molecule has 114 valence electrons. The molecule has 0 spiro atoms. The maximum Gasteiger partial charge on any atom is 0.329 e. The Labute approximate surface area is 124 Å². The van der Waals surface area contributed by atoms with Crippen LogP contribution in [0.3, 0.4) is 0 Å². The van der Waals surface area contributed by atoms with Gasteiger partial charge in [-0.2, -0.15) is 11.8 Å². The average Bonchev–Trinajstić information content (AvgIpc) is 3.04. The molecule has 2 N–H and O–H groups in total. The second kappa shape index (κ2) is 6.24. The first-order valence-corrected chi connectivity index (χ1v) is 8.68. The van der Waals surface area contributed by atoms with E-state index < -0.39 is 11.5 Å². The van der Waals surface area contributed by atoms with E-state index in [1.807, 2.05) is 6.92 Å². The van der Waals surface area contributed by atoms with Crippen LogP contribution in [-0.4, -0.2) is 51.6 Å². The summed E-state index contributed by atoms with van der Waals surface area (Å²) in [6, 6.07) is -0.0147. The third-order valence-corrected chi connectivity index (χ3v) is 5.95. The maximum atomic E-state index is 12.5. The quantitative estimate of drug-likeness (QED) is 0.836. The van der Waals surface area contributed by atoms with Gasteiger partial charge in [-0.1, -0.05) is 13.3 Å². The molecule has 0 radical (unpaired) electrons. The van der Waals surface area contributed by atoms with Crippen LogP contribution in [-0.2, 0) is 4.79 Å². The van der Waals surface area contributed by atoms with E-state index in [0.717, 1.165) is 25.7 Å². The molecule has 0 aromatic carbocycles. The number of thioether (sulfide) groups is 1. The van der Waals surface area contributed by atoms with Gasteiger partial charge < -0.3 is 15.3 Å². The molecule has 2 amide bonds. The largest absolute Gasteiger partial charge is 0.479 e. The van der Waals surface area contributed by atoms with Crippen molar-refractivity contribution in [1.29, 1.82) is 0 Å². The minimum absolute atomic E-state index is 0.182. The summed E-state index contributed by atoms with van der Waals surface area (Å²) in [6.45, 7) is 2.39. The maximum absolute atomic E-state index is 12.5. The van der Waals surface area contributed by atoms with Crippen molar-refractivity contribution in [2.45, 2.75) is 62.3 Å². The summed E-state index contributed by atoms with van der Waals surface area (Å²) in [5, 5.41) is 13.0. The Morgan fingerprint density at radius 1 is 1.40 bits per heavy atom. The number of rotatable bonds is 4. The van der Waals surface area contributed by atoms with Crippen LogP contribution < -0.4 is 5.32 Å². The minimum Gasteiger partial charge on any atom is -0.479 e. The first kappa shape index (κ1) is 15.5. The molecule has 0 bridgehead atoms. The molecule has 6 heteroatoms. The molecular weight excluding hydrogens is 276 g/mol. The van der Waals surface area contributed by atoms with Crippen LogP contribution in [0.1, 0.15) is 45.4 Å². The first-order valence-electron chi connectivity index (χ1n) is 7.39.